The highest BCUT2D eigenvalue weighted by atomic mass is 32.2. The molecule has 0 unspecified atom stereocenters. The predicted molar refractivity (Wildman–Crippen MR) is 174 cm³/mol. The van der Waals surface area contributed by atoms with Crippen LogP contribution in [0.25, 0.3) is 21.8 Å². The first-order valence-corrected chi connectivity index (χ1v) is 15.2. The third-order valence-electron chi connectivity index (χ3n) is 9.09. The van der Waals surface area contributed by atoms with Crippen LogP contribution in [0.1, 0.15) is 22.3 Å². The quantitative estimate of drug-likeness (QED) is 0.230. The molecule has 7 aromatic rings. The summed E-state index contributed by atoms with van der Waals surface area (Å²) in [6.45, 7) is 0.421. The highest BCUT2D eigenvalue weighted by molar-refractivity contribution is 7.99. The molecule has 1 spiro atoms. The van der Waals surface area contributed by atoms with Gasteiger partial charge in [0, 0.05) is 26.3 Å². The Balaban J connectivity index is 1.48. The zero-order chi connectivity index (χ0) is 27.8. The van der Waals surface area contributed by atoms with Crippen LogP contribution in [0.15, 0.2) is 149 Å². The van der Waals surface area contributed by atoms with Crippen LogP contribution in [0, 0.1) is 0 Å². The van der Waals surface area contributed by atoms with Crippen molar-refractivity contribution in [2.24, 2.45) is 5.73 Å². The molecule has 200 valence electrons. The summed E-state index contributed by atoms with van der Waals surface area (Å²) in [6.07, 6.45) is 0. The average molecular weight is 558 g/mol. The Hall–Kier alpha value is -4.77. The van der Waals surface area contributed by atoms with Gasteiger partial charge in [-0.1, -0.05) is 115 Å². The standard InChI is InChI=1S/C38H27N3S/c39-24-40-32-18-8-4-14-26(32)27-22-23-31-37(36(27)40)42-35-21-11-7-17-30(35)38(31)28-15-5-9-19-33(28)41(25-12-2-1-3-13-25)34-20-10-6-16-29(34)38/h1-23H,24,39H2. The number of hydrogen-bond acceptors (Lipinski definition) is 3. The lowest BCUT2D eigenvalue weighted by atomic mass is 9.62. The van der Waals surface area contributed by atoms with E-state index in [1.165, 1.54) is 65.2 Å². The topological polar surface area (TPSA) is 34.2 Å². The molecule has 0 fully saturated rings. The highest BCUT2D eigenvalue weighted by Crippen LogP contribution is 2.63. The van der Waals surface area contributed by atoms with Crippen molar-refractivity contribution in [3.63, 3.8) is 0 Å². The summed E-state index contributed by atoms with van der Waals surface area (Å²) in [7, 11) is 0. The monoisotopic (exact) mass is 557 g/mol. The summed E-state index contributed by atoms with van der Waals surface area (Å²) in [5, 5.41) is 2.49. The van der Waals surface area contributed by atoms with Gasteiger partial charge in [0.25, 0.3) is 0 Å². The number of fused-ring (bicyclic) bond motifs is 12. The van der Waals surface area contributed by atoms with Gasteiger partial charge in [-0.25, -0.2) is 0 Å². The van der Waals surface area contributed by atoms with Crippen molar-refractivity contribution in [2.45, 2.75) is 21.9 Å². The van der Waals surface area contributed by atoms with Gasteiger partial charge in [0.2, 0.25) is 0 Å². The lowest BCUT2D eigenvalue weighted by molar-refractivity contribution is 0.690. The van der Waals surface area contributed by atoms with Crippen LogP contribution in [-0.4, -0.2) is 4.57 Å². The SMILES string of the molecule is NCn1c2ccccc2c2ccc3c(c21)Sc1ccccc1C31c2ccccc2N(c2ccccc2)c2ccccc21. The molecule has 0 radical (unpaired) electrons. The van der Waals surface area contributed by atoms with Gasteiger partial charge in [0.05, 0.1) is 34.5 Å². The van der Waals surface area contributed by atoms with Gasteiger partial charge < -0.3 is 15.2 Å². The molecule has 4 heteroatoms. The van der Waals surface area contributed by atoms with Gasteiger partial charge >= 0.3 is 0 Å². The van der Waals surface area contributed by atoms with E-state index in [1.807, 2.05) is 11.8 Å². The van der Waals surface area contributed by atoms with Crippen molar-refractivity contribution in [3.05, 3.63) is 162 Å². The summed E-state index contributed by atoms with van der Waals surface area (Å²) >= 11 is 1.88. The molecule has 42 heavy (non-hydrogen) atoms. The van der Waals surface area contributed by atoms with E-state index < -0.39 is 5.41 Å². The second-order valence-electron chi connectivity index (χ2n) is 11.0. The van der Waals surface area contributed by atoms with Crippen LogP contribution in [0.3, 0.4) is 0 Å². The van der Waals surface area contributed by atoms with E-state index in [0.717, 1.165) is 5.69 Å². The van der Waals surface area contributed by atoms with Gasteiger partial charge in [-0.3, -0.25) is 0 Å². The highest BCUT2D eigenvalue weighted by Gasteiger charge is 2.50. The van der Waals surface area contributed by atoms with Crippen molar-refractivity contribution in [3.8, 4) is 0 Å². The number of para-hydroxylation sites is 4. The van der Waals surface area contributed by atoms with Crippen molar-refractivity contribution in [1.29, 1.82) is 0 Å². The molecule has 0 bridgehead atoms. The van der Waals surface area contributed by atoms with Gasteiger partial charge in [-0.05, 0) is 58.7 Å². The summed E-state index contributed by atoms with van der Waals surface area (Å²) in [6, 6.07) is 51.0. The Morgan fingerprint density at radius 3 is 1.90 bits per heavy atom. The van der Waals surface area contributed by atoms with Crippen LogP contribution in [0.4, 0.5) is 17.1 Å². The smallest absolute Gasteiger partial charge is 0.0764 e. The molecule has 3 heterocycles. The van der Waals surface area contributed by atoms with E-state index in [0.29, 0.717) is 6.67 Å². The second-order valence-corrected chi connectivity index (χ2v) is 12.1. The molecular weight excluding hydrogens is 531 g/mol. The summed E-state index contributed by atoms with van der Waals surface area (Å²) < 4.78 is 2.30. The van der Waals surface area contributed by atoms with Gasteiger partial charge in [0.1, 0.15) is 0 Å². The number of benzene rings is 6. The van der Waals surface area contributed by atoms with Crippen molar-refractivity contribution >= 4 is 50.6 Å². The molecule has 2 N–H and O–H groups in total. The van der Waals surface area contributed by atoms with Crippen LogP contribution < -0.4 is 10.6 Å². The maximum Gasteiger partial charge on any atom is 0.0764 e. The number of nitrogens with zero attached hydrogens (tertiary/aromatic N) is 2. The fourth-order valence-electron chi connectivity index (χ4n) is 7.50. The maximum atomic E-state index is 6.51. The Bertz CT molecular complexity index is 2130. The number of aromatic nitrogens is 1. The number of anilines is 3. The van der Waals surface area contributed by atoms with E-state index in [9.17, 15) is 0 Å². The van der Waals surface area contributed by atoms with Gasteiger partial charge in [-0.2, -0.15) is 0 Å². The molecule has 9 rings (SSSR count). The zero-order valence-corrected chi connectivity index (χ0v) is 23.7. The molecule has 1 aromatic heterocycles. The molecule has 0 saturated carbocycles. The molecule has 2 aliphatic rings. The minimum Gasteiger partial charge on any atom is -0.326 e. The van der Waals surface area contributed by atoms with E-state index in [1.54, 1.807) is 0 Å². The maximum absolute atomic E-state index is 6.51. The first-order chi connectivity index (χ1) is 20.8. The first-order valence-electron chi connectivity index (χ1n) is 14.4. The van der Waals surface area contributed by atoms with Gasteiger partial charge in [0.15, 0.2) is 0 Å². The van der Waals surface area contributed by atoms with E-state index in [4.69, 9.17) is 5.73 Å². The lowest BCUT2D eigenvalue weighted by Crippen LogP contribution is -2.39. The Morgan fingerprint density at radius 1 is 0.548 bits per heavy atom. The Kier molecular flexibility index (Phi) is 5.04. The molecule has 3 nitrogen and oxygen atoms in total. The minimum absolute atomic E-state index is 0.421. The molecular formula is C38H27N3S. The number of nitrogens with two attached hydrogens (primary N) is 1. The molecule has 0 amide bonds. The van der Waals surface area contributed by atoms with Crippen LogP contribution in [-0.2, 0) is 12.1 Å². The molecule has 0 atom stereocenters. The van der Waals surface area contributed by atoms with Crippen LogP contribution >= 0.6 is 11.8 Å². The average Bonchev–Trinajstić information content (AvgIpc) is 3.39. The number of hydrogen-bond donors (Lipinski definition) is 1. The summed E-state index contributed by atoms with van der Waals surface area (Å²) in [5.74, 6) is 0. The molecule has 2 aliphatic heterocycles. The van der Waals surface area contributed by atoms with Crippen molar-refractivity contribution < 1.29 is 0 Å². The van der Waals surface area contributed by atoms with Crippen molar-refractivity contribution in [1.82, 2.24) is 4.57 Å². The van der Waals surface area contributed by atoms with E-state index in [-0.39, 0.29) is 0 Å². The molecule has 0 aliphatic carbocycles. The second kappa shape index (κ2) is 8.86. The number of rotatable bonds is 2. The first kappa shape index (κ1) is 23.9. The van der Waals surface area contributed by atoms with E-state index >= 15 is 0 Å². The largest absolute Gasteiger partial charge is 0.326 e. The normalized spacial score (nSPS) is 14.5. The fourth-order valence-corrected chi connectivity index (χ4v) is 8.85. The fraction of sp³-hybridized carbons (Fsp3) is 0.0526. The third kappa shape index (κ3) is 2.95. The van der Waals surface area contributed by atoms with Gasteiger partial charge in [-0.15, -0.1) is 0 Å². The van der Waals surface area contributed by atoms with Crippen LogP contribution in [0.5, 0.6) is 0 Å². The van der Waals surface area contributed by atoms with Crippen molar-refractivity contribution in [2.75, 3.05) is 4.90 Å². The zero-order valence-electron chi connectivity index (χ0n) is 22.9. The van der Waals surface area contributed by atoms with E-state index in [2.05, 4.69) is 149 Å². The Morgan fingerprint density at radius 2 is 1.17 bits per heavy atom. The predicted octanol–water partition coefficient (Wildman–Crippen LogP) is 9.34. The third-order valence-corrected chi connectivity index (χ3v) is 10.3. The summed E-state index contributed by atoms with van der Waals surface area (Å²) in [4.78, 5) is 4.99. The molecule has 6 aromatic carbocycles. The molecule has 0 saturated heterocycles. The Labute approximate surface area is 248 Å². The summed E-state index contributed by atoms with van der Waals surface area (Å²) in [5.41, 5.74) is 17.2. The lowest BCUT2D eigenvalue weighted by Gasteiger charge is -2.49. The minimum atomic E-state index is -0.500. The van der Waals surface area contributed by atoms with Crippen LogP contribution in [0.2, 0.25) is 0 Å².